The molecule has 1 aromatic carbocycles. The van der Waals surface area contributed by atoms with E-state index in [0.717, 1.165) is 4.88 Å². The van der Waals surface area contributed by atoms with Crippen molar-refractivity contribution in [1.29, 1.82) is 0 Å². The molecule has 0 aliphatic carbocycles. The second kappa shape index (κ2) is 6.35. The van der Waals surface area contributed by atoms with Crippen LogP contribution in [-0.2, 0) is 4.74 Å². The van der Waals surface area contributed by atoms with Gasteiger partial charge in [-0.1, -0.05) is 36.0 Å². The molecule has 0 spiro atoms. The third kappa shape index (κ3) is 3.00. The van der Waals surface area contributed by atoms with E-state index in [4.69, 9.17) is 28.6 Å². The van der Waals surface area contributed by atoms with Crippen LogP contribution in [0.1, 0.15) is 15.2 Å². The van der Waals surface area contributed by atoms with Crippen LogP contribution in [0.25, 0.3) is 0 Å². The second-order valence-corrected chi connectivity index (χ2v) is 6.08. The maximum Gasteiger partial charge on any atom is 0.339 e. The van der Waals surface area contributed by atoms with Gasteiger partial charge < -0.3 is 9.64 Å². The van der Waals surface area contributed by atoms with Crippen LogP contribution >= 0.6 is 35.2 Å². The Kier molecular flexibility index (Phi) is 4.75. The fourth-order valence-corrected chi connectivity index (χ4v) is 3.06. The normalized spacial score (nSPS) is 10.2. The minimum atomic E-state index is -0.389. The highest BCUT2D eigenvalue weighted by atomic mass is 35.5. The number of thiophene rings is 1. The highest BCUT2D eigenvalue weighted by Crippen LogP contribution is 2.27. The van der Waals surface area contributed by atoms with Gasteiger partial charge >= 0.3 is 5.97 Å². The predicted molar refractivity (Wildman–Crippen MR) is 87.2 cm³/mol. The number of carbonyl (C=O) groups is 1. The number of nitrogens with zero attached hydrogens (tertiary/aromatic N) is 1. The third-order valence-corrected chi connectivity index (χ3v) is 4.62. The summed E-state index contributed by atoms with van der Waals surface area (Å²) in [7, 11) is 3.17. The smallest absolute Gasteiger partial charge is 0.339 e. The van der Waals surface area contributed by atoms with Crippen LogP contribution in [0.4, 0.5) is 5.69 Å². The summed E-state index contributed by atoms with van der Waals surface area (Å²) in [6.07, 6.45) is 0. The van der Waals surface area contributed by atoms with Gasteiger partial charge in [0.2, 0.25) is 0 Å². The fourth-order valence-electron chi connectivity index (χ4n) is 1.75. The lowest BCUT2D eigenvalue weighted by molar-refractivity contribution is 0.0601. The molecule has 0 aliphatic rings. The van der Waals surface area contributed by atoms with E-state index in [-0.39, 0.29) is 5.97 Å². The van der Waals surface area contributed by atoms with Gasteiger partial charge in [-0.15, -0.1) is 11.3 Å². The van der Waals surface area contributed by atoms with E-state index in [2.05, 4.69) is 0 Å². The summed E-state index contributed by atoms with van der Waals surface area (Å²) in [5.41, 5.74) is 1.18. The van der Waals surface area contributed by atoms with Crippen LogP contribution in [0, 0.1) is 0 Å². The van der Waals surface area contributed by atoms with E-state index in [9.17, 15) is 4.79 Å². The van der Waals surface area contributed by atoms with Crippen LogP contribution in [0.2, 0.25) is 4.34 Å². The largest absolute Gasteiger partial charge is 0.465 e. The van der Waals surface area contributed by atoms with Crippen molar-refractivity contribution in [2.45, 2.75) is 0 Å². The van der Waals surface area contributed by atoms with Crippen LogP contribution in [0.5, 0.6) is 0 Å². The van der Waals surface area contributed by atoms with E-state index in [1.54, 1.807) is 23.1 Å². The van der Waals surface area contributed by atoms with Gasteiger partial charge in [0, 0.05) is 7.05 Å². The van der Waals surface area contributed by atoms with E-state index >= 15 is 0 Å². The van der Waals surface area contributed by atoms with Crippen molar-refractivity contribution in [3.63, 3.8) is 0 Å². The summed E-state index contributed by atoms with van der Waals surface area (Å²) in [5.74, 6) is -0.389. The zero-order valence-corrected chi connectivity index (χ0v) is 13.3. The van der Waals surface area contributed by atoms with Gasteiger partial charge in [-0.3, -0.25) is 0 Å². The number of benzene rings is 1. The average Bonchev–Trinajstić information content (AvgIpc) is 2.91. The molecule has 1 aromatic heterocycles. The summed E-state index contributed by atoms with van der Waals surface area (Å²) in [4.78, 5) is 15.1. The second-order valence-electron chi connectivity index (χ2n) is 3.98. The van der Waals surface area contributed by atoms with Gasteiger partial charge in [0.15, 0.2) is 0 Å². The van der Waals surface area contributed by atoms with Gasteiger partial charge in [0.25, 0.3) is 0 Å². The Morgan fingerprint density at radius 3 is 2.60 bits per heavy atom. The molecular weight excluding hydrogens is 314 g/mol. The Bertz CT molecular complexity index is 654. The van der Waals surface area contributed by atoms with Gasteiger partial charge in [-0.05, 0) is 24.3 Å². The number of thiocarbonyl (C=S) groups is 1. The third-order valence-electron chi connectivity index (χ3n) is 2.76. The number of para-hydroxylation sites is 1. The molecule has 0 atom stereocenters. The lowest BCUT2D eigenvalue weighted by Gasteiger charge is -2.21. The molecule has 0 radical (unpaired) electrons. The average molecular weight is 326 g/mol. The summed E-state index contributed by atoms with van der Waals surface area (Å²) >= 11 is 12.8. The highest BCUT2D eigenvalue weighted by Gasteiger charge is 2.18. The minimum Gasteiger partial charge on any atom is -0.465 e. The first-order valence-electron chi connectivity index (χ1n) is 5.75. The summed E-state index contributed by atoms with van der Waals surface area (Å²) in [6, 6.07) is 10.8. The number of ether oxygens (including phenoxy) is 1. The molecule has 0 saturated carbocycles. The molecule has 0 saturated heterocycles. The van der Waals surface area contributed by atoms with Gasteiger partial charge in [0.05, 0.1) is 27.6 Å². The number of rotatable bonds is 3. The van der Waals surface area contributed by atoms with Crippen molar-refractivity contribution in [2.24, 2.45) is 0 Å². The molecule has 104 valence electrons. The van der Waals surface area contributed by atoms with Crippen LogP contribution in [-0.4, -0.2) is 25.1 Å². The maximum atomic E-state index is 11.8. The lowest BCUT2D eigenvalue weighted by atomic mass is 10.1. The Balaban J connectivity index is 2.36. The van der Waals surface area contributed by atoms with Crippen LogP contribution in [0.15, 0.2) is 36.4 Å². The van der Waals surface area contributed by atoms with Gasteiger partial charge in [-0.2, -0.15) is 0 Å². The van der Waals surface area contributed by atoms with Crippen LogP contribution in [0.3, 0.4) is 0 Å². The molecule has 0 fully saturated rings. The number of halogens is 1. The van der Waals surface area contributed by atoms with Crippen molar-refractivity contribution in [3.8, 4) is 0 Å². The first-order valence-corrected chi connectivity index (χ1v) is 7.35. The fraction of sp³-hybridized carbons (Fsp3) is 0.143. The van der Waals surface area contributed by atoms with E-state index in [1.165, 1.54) is 18.4 Å². The zero-order valence-electron chi connectivity index (χ0n) is 10.9. The Hall–Kier alpha value is -1.43. The topological polar surface area (TPSA) is 29.5 Å². The van der Waals surface area contributed by atoms with Crippen molar-refractivity contribution < 1.29 is 9.53 Å². The molecule has 0 bridgehead atoms. The number of hydrogen-bond donors (Lipinski definition) is 0. The molecule has 1 heterocycles. The van der Waals surface area contributed by atoms with Crippen LogP contribution < -0.4 is 4.90 Å². The lowest BCUT2D eigenvalue weighted by Crippen LogP contribution is -2.26. The molecule has 2 rings (SSSR count). The number of hydrogen-bond acceptors (Lipinski definition) is 4. The standard InChI is InChI=1S/C14H12ClNO2S2/c1-16(13(19)11-7-8-12(15)20-11)10-6-4-3-5-9(10)14(17)18-2/h3-8H,1-2H3. The summed E-state index contributed by atoms with van der Waals surface area (Å²) in [5, 5.41) is 0. The van der Waals surface area contributed by atoms with Crippen molar-refractivity contribution >= 4 is 51.8 Å². The summed E-state index contributed by atoms with van der Waals surface area (Å²) in [6.45, 7) is 0. The number of esters is 1. The SMILES string of the molecule is COC(=O)c1ccccc1N(C)C(=S)c1ccc(Cl)s1. The van der Waals surface area contributed by atoms with Crippen molar-refractivity contribution in [1.82, 2.24) is 0 Å². The molecule has 0 amide bonds. The Morgan fingerprint density at radius 1 is 1.30 bits per heavy atom. The number of methoxy groups -OCH3 is 1. The molecule has 20 heavy (non-hydrogen) atoms. The minimum absolute atomic E-state index is 0.389. The quantitative estimate of drug-likeness (QED) is 0.630. The first-order chi connectivity index (χ1) is 9.54. The zero-order chi connectivity index (χ0) is 14.7. The maximum absolute atomic E-state index is 11.8. The highest BCUT2D eigenvalue weighted by molar-refractivity contribution is 7.81. The molecular formula is C14H12ClNO2S2. The predicted octanol–water partition coefficient (Wildman–Crippen LogP) is 4.00. The molecule has 0 N–H and O–H groups in total. The van der Waals surface area contributed by atoms with E-state index < -0.39 is 0 Å². The number of anilines is 1. The molecule has 0 unspecified atom stereocenters. The molecule has 6 heteroatoms. The van der Waals surface area contributed by atoms with Gasteiger partial charge in [-0.25, -0.2) is 4.79 Å². The van der Waals surface area contributed by atoms with Crippen molar-refractivity contribution in [3.05, 3.63) is 51.2 Å². The number of carbonyl (C=O) groups excluding carboxylic acids is 1. The first kappa shape index (κ1) is 15.0. The molecule has 3 nitrogen and oxygen atoms in total. The Labute approximate surface area is 131 Å². The van der Waals surface area contributed by atoms with E-state index in [0.29, 0.717) is 20.6 Å². The van der Waals surface area contributed by atoms with Gasteiger partial charge in [0.1, 0.15) is 4.99 Å². The molecule has 2 aromatic rings. The van der Waals surface area contributed by atoms with E-state index in [1.807, 2.05) is 25.2 Å². The monoisotopic (exact) mass is 325 g/mol. The molecule has 0 aliphatic heterocycles. The Morgan fingerprint density at radius 2 is 2.00 bits per heavy atom. The van der Waals surface area contributed by atoms with Crippen molar-refractivity contribution in [2.75, 3.05) is 19.1 Å². The summed E-state index contributed by atoms with van der Waals surface area (Å²) < 4.78 is 5.47.